The molecule has 0 saturated carbocycles. The largest absolute Gasteiger partial charge is 0.496 e. The summed E-state index contributed by atoms with van der Waals surface area (Å²) in [5, 5.41) is 7.62. The van der Waals surface area contributed by atoms with Crippen LogP contribution in [0.2, 0.25) is 0 Å². The van der Waals surface area contributed by atoms with Crippen LogP contribution in [0.25, 0.3) is 5.65 Å². The van der Waals surface area contributed by atoms with Crippen molar-refractivity contribution in [1.82, 2.24) is 14.6 Å². The van der Waals surface area contributed by atoms with Gasteiger partial charge in [0.2, 0.25) is 5.95 Å². The number of anilines is 1. The minimum absolute atomic E-state index is 0.613. The van der Waals surface area contributed by atoms with Crippen LogP contribution in [0.1, 0.15) is 11.1 Å². The van der Waals surface area contributed by atoms with Crippen LogP contribution in [-0.2, 0) is 6.54 Å². The molecule has 3 rings (SSSR count). The summed E-state index contributed by atoms with van der Waals surface area (Å²) >= 11 is 0. The third-order valence-corrected chi connectivity index (χ3v) is 3.11. The molecule has 0 aliphatic heterocycles. The predicted molar refractivity (Wildman–Crippen MR) is 78.0 cm³/mol. The van der Waals surface area contributed by atoms with Crippen molar-refractivity contribution < 1.29 is 4.74 Å². The summed E-state index contributed by atoms with van der Waals surface area (Å²) in [7, 11) is 1.67. The Kier molecular flexibility index (Phi) is 3.25. The average molecular weight is 268 g/mol. The molecule has 20 heavy (non-hydrogen) atoms. The van der Waals surface area contributed by atoms with Crippen LogP contribution in [0.4, 0.5) is 5.95 Å². The molecule has 0 spiro atoms. The number of pyridine rings is 1. The molecule has 0 saturated heterocycles. The number of hydrogen-bond donors (Lipinski definition) is 1. The topological polar surface area (TPSA) is 51.5 Å². The summed E-state index contributed by atoms with van der Waals surface area (Å²) in [6, 6.07) is 11.9. The molecule has 5 heteroatoms. The molecule has 0 bridgehead atoms. The maximum atomic E-state index is 5.32. The number of ether oxygens (including phenoxy) is 1. The monoisotopic (exact) mass is 268 g/mol. The van der Waals surface area contributed by atoms with Gasteiger partial charge < -0.3 is 10.1 Å². The van der Waals surface area contributed by atoms with Gasteiger partial charge in [-0.3, -0.25) is 0 Å². The number of rotatable bonds is 4. The number of methoxy groups -OCH3 is 1. The molecule has 0 amide bonds. The SMILES string of the molecule is COc1ccccc1CNc1nc2ccc(C)cn2n1. The number of aryl methyl sites for hydroxylation is 1. The minimum Gasteiger partial charge on any atom is -0.496 e. The van der Waals surface area contributed by atoms with E-state index >= 15 is 0 Å². The van der Waals surface area contributed by atoms with Gasteiger partial charge in [0.05, 0.1) is 7.11 Å². The number of nitrogens with zero attached hydrogens (tertiary/aromatic N) is 3. The minimum atomic E-state index is 0.613. The summed E-state index contributed by atoms with van der Waals surface area (Å²) in [4.78, 5) is 4.42. The molecule has 0 aliphatic carbocycles. The lowest BCUT2D eigenvalue weighted by Crippen LogP contribution is -2.03. The van der Waals surface area contributed by atoms with Crippen molar-refractivity contribution >= 4 is 11.6 Å². The van der Waals surface area contributed by atoms with Crippen LogP contribution in [0.3, 0.4) is 0 Å². The number of benzene rings is 1. The molecule has 0 unspecified atom stereocenters. The third kappa shape index (κ3) is 2.42. The standard InChI is InChI=1S/C15H16N4O/c1-11-7-8-14-17-15(18-19(14)10-11)16-9-12-5-3-4-6-13(12)20-2/h3-8,10H,9H2,1-2H3,(H,16,18). The second-order valence-electron chi connectivity index (χ2n) is 4.61. The first kappa shape index (κ1) is 12.5. The third-order valence-electron chi connectivity index (χ3n) is 3.11. The van der Waals surface area contributed by atoms with Crippen molar-refractivity contribution in [1.29, 1.82) is 0 Å². The molecule has 1 N–H and O–H groups in total. The van der Waals surface area contributed by atoms with E-state index in [0.717, 1.165) is 22.5 Å². The van der Waals surface area contributed by atoms with Crippen LogP contribution in [0.5, 0.6) is 5.75 Å². The van der Waals surface area contributed by atoms with Crippen molar-refractivity contribution in [2.75, 3.05) is 12.4 Å². The Bertz CT molecular complexity index is 736. The van der Waals surface area contributed by atoms with Crippen LogP contribution >= 0.6 is 0 Å². The van der Waals surface area contributed by atoms with Crippen LogP contribution in [-0.4, -0.2) is 21.7 Å². The van der Waals surface area contributed by atoms with E-state index in [1.165, 1.54) is 0 Å². The molecule has 5 nitrogen and oxygen atoms in total. The van der Waals surface area contributed by atoms with Crippen LogP contribution < -0.4 is 10.1 Å². The van der Waals surface area contributed by atoms with E-state index < -0.39 is 0 Å². The summed E-state index contributed by atoms with van der Waals surface area (Å²) < 4.78 is 7.10. The fourth-order valence-corrected chi connectivity index (χ4v) is 2.08. The van der Waals surface area contributed by atoms with Crippen molar-refractivity contribution in [3.63, 3.8) is 0 Å². The van der Waals surface area contributed by atoms with Gasteiger partial charge >= 0.3 is 0 Å². The molecule has 0 radical (unpaired) electrons. The van der Waals surface area contributed by atoms with E-state index in [1.807, 2.05) is 49.5 Å². The lowest BCUT2D eigenvalue weighted by Gasteiger charge is -2.07. The van der Waals surface area contributed by atoms with E-state index in [2.05, 4.69) is 15.4 Å². The smallest absolute Gasteiger partial charge is 0.243 e. The molecule has 102 valence electrons. The number of nitrogens with one attached hydrogen (secondary N) is 1. The molecule has 1 aromatic carbocycles. The Balaban J connectivity index is 1.79. The van der Waals surface area contributed by atoms with Gasteiger partial charge in [0.25, 0.3) is 0 Å². The Labute approximate surface area is 117 Å². The summed E-state index contributed by atoms with van der Waals surface area (Å²) in [5.74, 6) is 1.47. The normalized spacial score (nSPS) is 10.7. The molecule has 2 heterocycles. The molecule has 0 aliphatic rings. The highest BCUT2D eigenvalue weighted by Crippen LogP contribution is 2.18. The summed E-state index contributed by atoms with van der Waals surface area (Å²) in [6.45, 7) is 2.66. The Morgan fingerprint density at radius 1 is 1.20 bits per heavy atom. The Morgan fingerprint density at radius 3 is 2.90 bits per heavy atom. The van der Waals surface area contributed by atoms with Crippen molar-refractivity contribution in [2.24, 2.45) is 0 Å². The van der Waals surface area contributed by atoms with Crippen molar-refractivity contribution in [3.8, 4) is 5.75 Å². The van der Waals surface area contributed by atoms with Gasteiger partial charge in [-0.25, -0.2) is 4.52 Å². The van der Waals surface area contributed by atoms with E-state index in [4.69, 9.17) is 4.74 Å². The highest BCUT2D eigenvalue weighted by molar-refractivity contribution is 5.45. The quantitative estimate of drug-likeness (QED) is 0.790. The maximum Gasteiger partial charge on any atom is 0.243 e. The molecular weight excluding hydrogens is 252 g/mol. The molecular formula is C15H16N4O. The molecule has 3 aromatic rings. The van der Waals surface area contributed by atoms with E-state index in [1.54, 1.807) is 11.6 Å². The molecule has 2 aromatic heterocycles. The maximum absolute atomic E-state index is 5.32. The van der Waals surface area contributed by atoms with E-state index in [9.17, 15) is 0 Å². The second-order valence-corrected chi connectivity index (χ2v) is 4.61. The predicted octanol–water partition coefficient (Wildman–Crippen LogP) is 2.66. The van der Waals surface area contributed by atoms with Gasteiger partial charge in [-0.15, -0.1) is 5.10 Å². The fourth-order valence-electron chi connectivity index (χ4n) is 2.08. The first-order valence-electron chi connectivity index (χ1n) is 6.45. The van der Waals surface area contributed by atoms with Crippen molar-refractivity contribution in [3.05, 3.63) is 53.7 Å². The number of hydrogen-bond acceptors (Lipinski definition) is 4. The van der Waals surface area contributed by atoms with Crippen LogP contribution in [0.15, 0.2) is 42.6 Å². The van der Waals surface area contributed by atoms with Crippen molar-refractivity contribution in [2.45, 2.75) is 13.5 Å². The fraction of sp³-hybridized carbons (Fsp3) is 0.200. The zero-order valence-electron chi connectivity index (χ0n) is 11.5. The Morgan fingerprint density at radius 2 is 2.05 bits per heavy atom. The first-order valence-corrected chi connectivity index (χ1v) is 6.45. The lowest BCUT2D eigenvalue weighted by molar-refractivity contribution is 0.410. The average Bonchev–Trinajstić information content (AvgIpc) is 2.87. The Hall–Kier alpha value is -2.56. The lowest BCUT2D eigenvalue weighted by atomic mass is 10.2. The summed E-state index contributed by atoms with van der Waals surface area (Å²) in [6.07, 6.45) is 1.95. The zero-order valence-corrected chi connectivity index (χ0v) is 11.5. The molecule has 0 fully saturated rings. The van der Waals surface area contributed by atoms with Gasteiger partial charge in [-0.2, -0.15) is 4.98 Å². The number of para-hydroxylation sites is 1. The van der Waals surface area contributed by atoms with Gasteiger partial charge in [-0.1, -0.05) is 24.3 Å². The second kappa shape index (κ2) is 5.21. The zero-order chi connectivity index (χ0) is 13.9. The highest BCUT2D eigenvalue weighted by atomic mass is 16.5. The summed E-state index contributed by atoms with van der Waals surface area (Å²) in [5.41, 5.74) is 3.06. The highest BCUT2D eigenvalue weighted by Gasteiger charge is 2.05. The molecule has 0 atom stereocenters. The van der Waals surface area contributed by atoms with Gasteiger partial charge in [0.1, 0.15) is 5.75 Å². The number of fused-ring (bicyclic) bond motifs is 1. The van der Waals surface area contributed by atoms with E-state index in [0.29, 0.717) is 12.5 Å². The first-order chi connectivity index (χ1) is 9.76. The van der Waals surface area contributed by atoms with E-state index in [-0.39, 0.29) is 0 Å². The van der Waals surface area contributed by atoms with Gasteiger partial charge in [0, 0.05) is 18.3 Å². The number of aromatic nitrogens is 3. The van der Waals surface area contributed by atoms with Crippen LogP contribution in [0, 0.1) is 6.92 Å². The van der Waals surface area contributed by atoms with Gasteiger partial charge in [-0.05, 0) is 24.6 Å². The van der Waals surface area contributed by atoms with Gasteiger partial charge in [0.15, 0.2) is 5.65 Å².